The lowest BCUT2D eigenvalue weighted by Gasteiger charge is -2.22. The van der Waals surface area contributed by atoms with E-state index < -0.39 is 0 Å². The number of hydrogen-bond acceptors (Lipinski definition) is 2. The van der Waals surface area contributed by atoms with Crippen molar-refractivity contribution in [3.05, 3.63) is 77.0 Å². The molecule has 104 valence electrons. The number of benzene rings is 1. The van der Waals surface area contributed by atoms with E-state index in [9.17, 15) is 0 Å². The molecule has 3 aromatic rings. The van der Waals surface area contributed by atoms with E-state index in [4.69, 9.17) is 4.42 Å². The Bertz CT molecular complexity index is 782. The molecular formula is C18H16N2O. The van der Waals surface area contributed by atoms with Crippen LogP contribution in [0.2, 0.25) is 0 Å². The largest absolute Gasteiger partial charge is 0.469 e. The van der Waals surface area contributed by atoms with Gasteiger partial charge in [0.15, 0.2) is 0 Å². The highest BCUT2D eigenvalue weighted by atomic mass is 16.3. The van der Waals surface area contributed by atoms with Crippen molar-refractivity contribution in [1.29, 1.82) is 0 Å². The van der Waals surface area contributed by atoms with Crippen LogP contribution in [-0.4, -0.2) is 10.2 Å². The van der Waals surface area contributed by atoms with Crippen molar-refractivity contribution >= 4 is 11.6 Å². The Morgan fingerprint density at radius 1 is 1.14 bits per heavy atom. The maximum atomic E-state index is 5.67. The van der Waals surface area contributed by atoms with Crippen LogP contribution in [0, 0.1) is 6.92 Å². The summed E-state index contributed by atoms with van der Waals surface area (Å²) in [5, 5.41) is 7.56. The molecule has 1 atom stereocenters. The quantitative estimate of drug-likeness (QED) is 0.754. The van der Waals surface area contributed by atoms with Crippen molar-refractivity contribution in [2.24, 2.45) is 0 Å². The van der Waals surface area contributed by atoms with Crippen LogP contribution in [0.15, 0.2) is 53.1 Å². The fourth-order valence-electron chi connectivity index (χ4n) is 3.14. The van der Waals surface area contributed by atoms with Crippen molar-refractivity contribution in [2.75, 3.05) is 0 Å². The molecule has 1 N–H and O–H groups in total. The van der Waals surface area contributed by atoms with Crippen LogP contribution in [0.1, 0.15) is 40.6 Å². The van der Waals surface area contributed by atoms with Crippen molar-refractivity contribution in [2.45, 2.75) is 19.3 Å². The predicted molar refractivity (Wildman–Crippen MR) is 82.8 cm³/mol. The number of aromatic nitrogens is 2. The number of H-pyrrole nitrogens is 1. The molecule has 1 aliphatic rings. The highest BCUT2D eigenvalue weighted by Gasteiger charge is 2.29. The molecular weight excluding hydrogens is 260 g/mol. The molecule has 2 heterocycles. The zero-order valence-electron chi connectivity index (χ0n) is 11.8. The van der Waals surface area contributed by atoms with Gasteiger partial charge in [0.05, 0.1) is 17.9 Å². The first-order chi connectivity index (χ1) is 10.3. The second kappa shape index (κ2) is 4.77. The summed E-state index contributed by atoms with van der Waals surface area (Å²) in [6.45, 7) is 2.07. The molecule has 0 saturated carbocycles. The normalized spacial score (nSPS) is 17.4. The van der Waals surface area contributed by atoms with E-state index in [2.05, 4.69) is 53.5 Å². The van der Waals surface area contributed by atoms with E-state index >= 15 is 0 Å². The molecule has 0 bridgehead atoms. The number of fused-ring (bicyclic) bond motifs is 1. The molecule has 1 unspecified atom stereocenters. The minimum atomic E-state index is 0.231. The lowest BCUT2D eigenvalue weighted by Crippen LogP contribution is -2.08. The van der Waals surface area contributed by atoms with E-state index in [1.807, 2.05) is 12.1 Å². The minimum Gasteiger partial charge on any atom is -0.469 e. The summed E-state index contributed by atoms with van der Waals surface area (Å²) in [6, 6.07) is 14.5. The third-order valence-electron chi connectivity index (χ3n) is 4.14. The Balaban J connectivity index is 1.85. The van der Waals surface area contributed by atoms with Gasteiger partial charge < -0.3 is 4.42 Å². The van der Waals surface area contributed by atoms with Gasteiger partial charge in [0, 0.05) is 11.3 Å². The monoisotopic (exact) mass is 276 g/mol. The number of hydrogen-bond donors (Lipinski definition) is 1. The van der Waals surface area contributed by atoms with Crippen molar-refractivity contribution < 1.29 is 4.42 Å². The van der Waals surface area contributed by atoms with Crippen LogP contribution in [0.3, 0.4) is 0 Å². The molecule has 4 rings (SSSR count). The number of aromatic amines is 1. The molecule has 3 heteroatoms. The second-order valence-electron chi connectivity index (χ2n) is 5.46. The van der Waals surface area contributed by atoms with E-state index in [1.54, 1.807) is 6.26 Å². The lowest BCUT2D eigenvalue weighted by molar-refractivity contribution is 0.486. The first kappa shape index (κ1) is 12.2. The first-order valence-electron chi connectivity index (χ1n) is 7.17. The van der Waals surface area contributed by atoms with Gasteiger partial charge in [0.2, 0.25) is 0 Å². The summed E-state index contributed by atoms with van der Waals surface area (Å²) in [5.41, 5.74) is 5.95. The van der Waals surface area contributed by atoms with Crippen LogP contribution in [0.4, 0.5) is 0 Å². The van der Waals surface area contributed by atoms with Crippen LogP contribution in [-0.2, 0) is 0 Å². The number of furan rings is 1. The lowest BCUT2D eigenvalue weighted by atomic mass is 9.81. The standard InChI is InChI=1S/C18H16N2O/c1-12-18-15(17-8-5-9-21-17)10-14(11-16(18)20-19-12)13-6-3-2-4-7-13/h2-9,11,15H,10H2,1H3,(H,19,20). The average molecular weight is 276 g/mol. The van der Waals surface area contributed by atoms with Crippen molar-refractivity contribution in [3.8, 4) is 0 Å². The number of nitrogens with zero attached hydrogens (tertiary/aromatic N) is 1. The van der Waals surface area contributed by atoms with Gasteiger partial charge in [-0.15, -0.1) is 0 Å². The van der Waals surface area contributed by atoms with Gasteiger partial charge in [0.25, 0.3) is 0 Å². The molecule has 0 aliphatic heterocycles. The topological polar surface area (TPSA) is 41.8 Å². The van der Waals surface area contributed by atoms with Gasteiger partial charge in [-0.2, -0.15) is 5.10 Å². The molecule has 1 aromatic carbocycles. The van der Waals surface area contributed by atoms with Gasteiger partial charge in [-0.25, -0.2) is 0 Å². The third kappa shape index (κ3) is 2.02. The molecule has 3 nitrogen and oxygen atoms in total. The summed E-state index contributed by atoms with van der Waals surface area (Å²) >= 11 is 0. The number of allylic oxidation sites excluding steroid dienone is 1. The molecule has 0 spiro atoms. The fraction of sp³-hybridized carbons (Fsp3) is 0.167. The Hall–Kier alpha value is -2.55. The summed E-state index contributed by atoms with van der Waals surface area (Å²) in [6.07, 6.45) is 4.86. The average Bonchev–Trinajstić information content (AvgIpc) is 3.18. The molecule has 21 heavy (non-hydrogen) atoms. The zero-order valence-corrected chi connectivity index (χ0v) is 11.8. The molecule has 0 saturated heterocycles. The van der Waals surface area contributed by atoms with Crippen LogP contribution in [0.5, 0.6) is 0 Å². The predicted octanol–water partition coefficient (Wildman–Crippen LogP) is 4.39. The maximum absolute atomic E-state index is 5.67. The summed E-state index contributed by atoms with van der Waals surface area (Å²) in [5.74, 6) is 1.23. The van der Waals surface area contributed by atoms with E-state index in [0.29, 0.717) is 0 Å². The van der Waals surface area contributed by atoms with E-state index in [1.165, 1.54) is 16.7 Å². The highest BCUT2D eigenvalue weighted by molar-refractivity contribution is 5.84. The van der Waals surface area contributed by atoms with Gasteiger partial charge in [-0.05, 0) is 42.7 Å². The number of aryl methyl sites for hydroxylation is 1. The maximum Gasteiger partial charge on any atom is 0.111 e. The number of nitrogens with one attached hydrogen (secondary N) is 1. The molecule has 0 amide bonds. The Morgan fingerprint density at radius 2 is 2.00 bits per heavy atom. The summed E-state index contributed by atoms with van der Waals surface area (Å²) in [4.78, 5) is 0. The molecule has 1 aliphatic carbocycles. The van der Waals surface area contributed by atoms with Crippen molar-refractivity contribution in [3.63, 3.8) is 0 Å². The Morgan fingerprint density at radius 3 is 2.76 bits per heavy atom. The molecule has 2 aromatic heterocycles. The van der Waals surface area contributed by atoms with Gasteiger partial charge >= 0.3 is 0 Å². The van der Waals surface area contributed by atoms with Gasteiger partial charge in [-0.1, -0.05) is 30.3 Å². The van der Waals surface area contributed by atoms with E-state index in [0.717, 1.165) is 23.6 Å². The zero-order chi connectivity index (χ0) is 14.2. The SMILES string of the molecule is Cc1[nH]nc2c1C(c1ccco1)CC(c1ccccc1)=C2. The smallest absolute Gasteiger partial charge is 0.111 e. The van der Waals surface area contributed by atoms with E-state index in [-0.39, 0.29) is 5.92 Å². The fourth-order valence-corrected chi connectivity index (χ4v) is 3.14. The first-order valence-corrected chi connectivity index (χ1v) is 7.17. The summed E-state index contributed by atoms with van der Waals surface area (Å²) in [7, 11) is 0. The minimum absolute atomic E-state index is 0.231. The van der Waals surface area contributed by atoms with Crippen LogP contribution >= 0.6 is 0 Å². The molecule has 0 radical (unpaired) electrons. The summed E-state index contributed by atoms with van der Waals surface area (Å²) < 4.78 is 5.67. The van der Waals surface area contributed by atoms with Crippen molar-refractivity contribution in [1.82, 2.24) is 10.2 Å². The Labute approximate surface area is 123 Å². The second-order valence-corrected chi connectivity index (χ2v) is 5.46. The van der Waals surface area contributed by atoms with Crippen LogP contribution in [0.25, 0.3) is 11.6 Å². The number of rotatable bonds is 2. The van der Waals surface area contributed by atoms with Crippen LogP contribution < -0.4 is 0 Å². The van der Waals surface area contributed by atoms with Gasteiger partial charge in [0.1, 0.15) is 5.76 Å². The molecule has 0 fully saturated rings. The Kier molecular flexibility index (Phi) is 2.78. The highest BCUT2D eigenvalue weighted by Crippen LogP contribution is 2.42. The third-order valence-corrected chi connectivity index (χ3v) is 4.14. The van der Waals surface area contributed by atoms with Gasteiger partial charge in [-0.3, -0.25) is 5.10 Å².